The van der Waals surface area contributed by atoms with E-state index in [1.54, 1.807) is 11.0 Å². The molecule has 1 aliphatic rings. The number of piperazine rings is 1. The molecule has 1 aromatic carbocycles. The van der Waals surface area contributed by atoms with Crippen molar-refractivity contribution in [1.29, 1.82) is 5.26 Å². The van der Waals surface area contributed by atoms with Gasteiger partial charge in [-0.05, 0) is 18.2 Å². The molecule has 0 N–H and O–H groups in total. The molecule has 0 saturated carbocycles. The highest BCUT2D eigenvalue weighted by Gasteiger charge is 2.35. The van der Waals surface area contributed by atoms with Crippen LogP contribution in [0.5, 0.6) is 0 Å². The molecule has 7 heteroatoms. The van der Waals surface area contributed by atoms with E-state index >= 15 is 0 Å². The topological polar surface area (TPSA) is 30.3 Å². The molecule has 1 heterocycles. The summed E-state index contributed by atoms with van der Waals surface area (Å²) in [5.74, 6) is 0. The molecule has 1 aliphatic heterocycles. The SMILES string of the molecule is N#CCN1CCN(c2ccc(Br)cc2C(F)(F)F)CC1. The van der Waals surface area contributed by atoms with Gasteiger partial charge in [-0.25, -0.2) is 0 Å². The Hall–Kier alpha value is -1.26. The molecule has 1 aromatic rings. The van der Waals surface area contributed by atoms with E-state index in [0.717, 1.165) is 6.07 Å². The van der Waals surface area contributed by atoms with Crippen molar-refractivity contribution in [2.24, 2.45) is 0 Å². The van der Waals surface area contributed by atoms with Crippen LogP contribution < -0.4 is 4.90 Å². The van der Waals surface area contributed by atoms with Gasteiger partial charge >= 0.3 is 6.18 Å². The number of nitrogens with zero attached hydrogens (tertiary/aromatic N) is 3. The first-order valence-corrected chi connectivity index (χ1v) is 6.92. The van der Waals surface area contributed by atoms with Crippen LogP contribution in [-0.4, -0.2) is 37.6 Å². The molecular weight excluding hydrogens is 335 g/mol. The molecule has 0 atom stereocenters. The first-order valence-electron chi connectivity index (χ1n) is 6.13. The smallest absolute Gasteiger partial charge is 0.368 e. The fourth-order valence-corrected chi connectivity index (χ4v) is 2.62. The van der Waals surface area contributed by atoms with Gasteiger partial charge in [0, 0.05) is 36.3 Å². The Morgan fingerprint density at radius 2 is 1.85 bits per heavy atom. The molecule has 1 saturated heterocycles. The second-order valence-electron chi connectivity index (χ2n) is 4.58. The molecule has 1 fully saturated rings. The molecule has 0 radical (unpaired) electrons. The van der Waals surface area contributed by atoms with Gasteiger partial charge in [-0.1, -0.05) is 15.9 Å². The lowest BCUT2D eigenvalue weighted by atomic mass is 10.1. The Morgan fingerprint density at radius 3 is 2.40 bits per heavy atom. The van der Waals surface area contributed by atoms with Gasteiger partial charge in [-0.2, -0.15) is 18.4 Å². The van der Waals surface area contributed by atoms with Crippen molar-refractivity contribution in [3.8, 4) is 6.07 Å². The summed E-state index contributed by atoms with van der Waals surface area (Å²) >= 11 is 3.08. The summed E-state index contributed by atoms with van der Waals surface area (Å²) in [7, 11) is 0. The van der Waals surface area contributed by atoms with Crippen molar-refractivity contribution >= 4 is 21.6 Å². The highest BCUT2D eigenvalue weighted by Crippen LogP contribution is 2.38. The van der Waals surface area contributed by atoms with E-state index in [4.69, 9.17) is 5.26 Å². The number of hydrogen-bond donors (Lipinski definition) is 0. The molecule has 0 bridgehead atoms. The average molecular weight is 348 g/mol. The first-order chi connectivity index (χ1) is 9.41. The fourth-order valence-electron chi connectivity index (χ4n) is 2.26. The van der Waals surface area contributed by atoms with E-state index in [9.17, 15) is 13.2 Å². The minimum Gasteiger partial charge on any atom is -0.368 e. The Morgan fingerprint density at radius 1 is 1.20 bits per heavy atom. The molecule has 2 rings (SSSR count). The molecule has 0 unspecified atom stereocenters. The van der Waals surface area contributed by atoms with Gasteiger partial charge in [0.15, 0.2) is 0 Å². The maximum atomic E-state index is 13.1. The average Bonchev–Trinajstić information content (AvgIpc) is 2.39. The van der Waals surface area contributed by atoms with Crippen LogP contribution in [0.15, 0.2) is 22.7 Å². The normalized spacial score (nSPS) is 17.1. The van der Waals surface area contributed by atoms with E-state index in [1.165, 1.54) is 6.07 Å². The monoisotopic (exact) mass is 347 g/mol. The lowest BCUT2D eigenvalue weighted by Gasteiger charge is -2.36. The van der Waals surface area contributed by atoms with Crippen LogP contribution in [-0.2, 0) is 6.18 Å². The number of rotatable bonds is 2. The van der Waals surface area contributed by atoms with Crippen molar-refractivity contribution in [1.82, 2.24) is 4.90 Å². The van der Waals surface area contributed by atoms with Crippen molar-refractivity contribution < 1.29 is 13.2 Å². The lowest BCUT2D eigenvalue weighted by molar-refractivity contribution is -0.137. The zero-order valence-electron chi connectivity index (χ0n) is 10.6. The van der Waals surface area contributed by atoms with Gasteiger partial charge in [0.05, 0.1) is 18.2 Å². The zero-order chi connectivity index (χ0) is 14.8. The second kappa shape index (κ2) is 6.02. The predicted molar refractivity (Wildman–Crippen MR) is 73.4 cm³/mol. The predicted octanol–water partition coefficient (Wildman–Crippen LogP) is 3.11. The zero-order valence-corrected chi connectivity index (χ0v) is 12.2. The molecule has 0 amide bonds. The molecule has 20 heavy (non-hydrogen) atoms. The van der Waals surface area contributed by atoms with Crippen molar-refractivity contribution in [3.63, 3.8) is 0 Å². The molecule has 0 aliphatic carbocycles. The van der Waals surface area contributed by atoms with E-state index in [-0.39, 0.29) is 5.69 Å². The summed E-state index contributed by atoms with van der Waals surface area (Å²) in [6, 6.07) is 6.27. The van der Waals surface area contributed by atoms with Crippen LogP contribution in [0.4, 0.5) is 18.9 Å². The Kier molecular flexibility index (Phi) is 4.55. The maximum absolute atomic E-state index is 13.1. The second-order valence-corrected chi connectivity index (χ2v) is 5.50. The van der Waals surface area contributed by atoms with Crippen LogP contribution in [0.3, 0.4) is 0 Å². The van der Waals surface area contributed by atoms with E-state index < -0.39 is 11.7 Å². The van der Waals surface area contributed by atoms with Gasteiger partial charge < -0.3 is 4.90 Å². The third-order valence-corrected chi connectivity index (χ3v) is 3.76. The molecule has 0 spiro atoms. The summed E-state index contributed by atoms with van der Waals surface area (Å²) in [4.78, 5) is 3.66. The molecule has 0 aromatic heterocycles. The number of nitriles is 1. The maximum Gasteiger partial charge on any atom is 0.418 e. The Balaban J connectivity index is 2.20. The summed E-state index contributed by atoms with van der Waals surface area (Å²) in [5, 5.41) is 8.62. The van der Waals surface area contributed by atoms with Gasteiger partial charge in [0.1, 0.15) is 0 Å². The van der Waals surface area contributed by atoms with Crippen LogP contribution >= 0.6 is 15.9 Å². The molecule has 3 nitrogen and oxygen atoms in total. The van der Waals surface area contributed by atoms with Crippen LogP contribution in [0, 0.1) is 11.3 Å². The van der Waals surface area contributed by atoms with Gasteiger partial charge in [-0.3, -0.25) is 4.90 Å². The molecule has 108 valence electrons. The minimum absolute atomic E-state index is 0.206. The van der Waals surface area contributed by atoms with Crippen molar-refractivity contribution in [2.75, 3.05) is 37.6 Å². The number of halogens is 4. The minimum atomic E-state index is -4.37. The van der Waals surface area contributed by atoms with E-state index in [0.29, 0.717) is 37.2 Å². The van der Waals surface area contributed by atoms with Crippen LogP contribution in [0.1, 0.15) is 5.56 Å². The summed E-state index contributed by atoms with van der Waals surface area (Å²) in [6.07, 6.45) is -4.37. The summed E-state index contributed by atoms with van der Waals surface area (Å²) in [5.41, 5.74) is -0.419. The lowest BCUT2D eigenvalue weighted by Crippen LogP contribution is -2.46. The number of hydrogen-bond acceptors (Lipinski definition) is 3. The number of anilines is 1. The van der Waals surface area contributed by atoms with E-state index in [2.05, 4.69) is 22.0 Å². The Bertz CT molecular complexity index is 517. The highest BCUT2D eigenvalue weighted by atomic mass is 79.9. The van der Waals surface area contributed by atoms with E-state index in [1.807, 2.05) is 4.90 Å². The first kappa shape index (κ1) is 15.1. The summed E-state index contributed by atoms with van der Waals surface area (Å²) in [6.45, 7) is 2.50. The summed E-state index contributed by atoms with van der Waals surface area (Å²) < 4.78 is 39.7. The highest BCUT2D eigenvalue weighted by molar-refractivity contribution is 9.10. The standard InChI is InChI=1S/C13H13BrF3N3/c14-10-1-2-12(11(9-10)13(15,16)17)20-7-5-19(4-3-18)6-8-20/h1-2,9H,4-8H2. The largest absolute Gasteiger partial charge is 0.418 e. The van der Waals surface area contributed by atoms with Gasteiger partial charge in [-0.15, -0.1) is 0 Å². The van der Waals surface area contributed by atoms with Crippen LogP contribution in [0.2, 0.25) is 0 Å². The molecular formula is C13H13BrF3N3. The van der Waals surface area contributed by atoms with Gasteiger partial charge in [0.2, 0.25) is 0 Å². The van der Waals surface area contributed by atoms with Gasteiger partial charge in [0.25, 0.3) is 0 Å². The quantitative estimate of drug-likeness (QED) is 0.770. The fraction of sp³-hybridized carbons (Fsp3) is 0.462. The van der Waals surface area contributed by atoms with Crippen molar-refractivity contribution in [2.45, 2.75) is 6.18 Å². The van der Waals surface area contributed by atoms with Crippen molar-refractivity contribution in [3.05, 3.63) is 28.2 Å². The third kappa shape index (κ3) is 3.44. The third-order valence-electron chi connectivity index (χ3n) is 3.27. The number of benzene rings is 1. The Labute approximate surface area is 123 Å². The number of alkyl halides is 3. The van der Waals surface area contributed by atoms with Crippen LogP contribution in [0.25, 0.3) is 0 Å².